The topological polar surface area (TPSA) is 63.2 Å². The van der Waals surface area contributed by atoms with Crippen LogP contribution >= 0.6 is 0 Å². The summed E-state index contributed by atoms with van der Waals surface area (Å²) in [5, 5.41) is 2.83. The number of rotatable bonds is 6. The van der Waals surface area contributed by atoms with E-state index >= 15 is 0 Å². The first kappa shape index (κ1) is 18.1. The molecule has 0 saturated carbocycles. The van der Waals surface area contributed by atoms with Gasteiger partial charge < -0.3 is 5.32 Å². The van der Waals surface area contributed by atoms with E-state index in [1.165, 1.54) is 18.2 Å². The zero-order chi connectivity index (χ0) is 17.7. The molecule has 4 nitrogen and oxygen atoms in total. The number of carbonyl (C=O) groups is 1. The van der Waals surface area contributed by atoms with Crippen LogP contribution in [0.25, 0.3) is 0 Å². The van der Waals surface area contributed by atoms with E-state index in [4.69, 9.17) is 0 Å². The minimum Gasteiger partial charge on any atom is -0.350 e. The fraction of sp³-hybridized carbons (Fsp3) is 0.278. The summed E-state index contributed by atoms with van der Waals surface area (Å²) in [6, 6.07) is 12.5. The molecule has 1 N–H and O–H groups in total. The summed E-state index contributed by atoms with van der Waals surface area (Å²) in [4.78, 5) is 12.2. The number of sulfone groups is 1. The van der Waals surface area contributed by atoms with Crippen molar-refractivity contribution in [3.63, 3.8) is 0 Å². The molecule has 0 saturated heterocycles. The molecule has 2 rings (SSSR count). The summed E-state index contributed by atoms with van der Waals surface area (Å²) >= 11 is 0. The Kier molecular flexibility index (Phi) is 5.72. The highest BCUT2D eigenvalue weighted by Crippen LogP contribution is 2.16. The minimum absolute atomic E-state index is 0.182. The number of aryl methyl sites for hydroxylation is 1. The highest BCUT2D eigenvalue weighted by Gasteiger charge is 2.12. The third-order valence-electron chi connectivity index (χ3n) is 3.76. The average molecular weight is 349 g/mol. The number of carbonyl (C=O) groups excluding carboxylic acids is 1. The van der Waals surface area contributed by atoms with Crippen LogP contribution in [0.2, 0.25) is 0 Å². The predicted molar refractivity (Wildman–Crippen MR) is 90.8 cm³/mol. The van der Waals surface area contributed by atoms with Gasteiger partial charge in [-0.2, -0.15) is 0 Å². The van der Waals surface area contributed by atoms with E-state index < -0.39 is 9.84 Å². The quantitative estimate of drug-likeness (QED) is 0.872. The highest BCUT2D eigenvalue weighted by molar-refractivity contribution is 7.90. The van der Waals surface area contributed by atoms with Crippen LogP contribution in [0.5, 0.6) is 0 Å². The average Bonchev–Trinajstić information content (AvgIpc) is 2.53. The molecule has 6 heteroatoms. The molecule has 128 valence electrons. The molecule has 0 radical (unpaired) electrons. The molecule has 0 heterocycles. The lowest BCUT2D eigenvalue weighted by Gasteiger charge is -2.15. The molecular weight excluding hydrogens is 329 g/mol. The molecule has 1 atom stereocenters. The summed E-state index contributed by atoms with van der Waals surface area (Å²) in [6.45, 7) is 1.82. The smallest absolute Gasteiger partial charge is 0.220 e. The molecule has 1 unspecified atom stereocenters. The van der Waals surface area contributed by atoms with Crippen LogP contribution in [0.4, 0.5) is 4.39 Å². The first-order valence-electron chi connectivity index (χ1n) is 7.60. The first-order valence-corrected chi connectivity index (χ1v) is 9.49. The maximum absolute atomic E-state index is 13.5. The van der Waals surface area contributed by atoms with Crippen molar-refractivity contribution in [2.45, 2.75) is 30.7 Å². The van der Waals surface area contributed by atoms with Crippen LogP contribution in [0, 0.1) is 5.82 Å². The fourth-order valence-electron chi connectivity index (χ4n) is 2.35. The molecule has 24 heavy (non-hydrogen) atoms. The lowest BCUT2D eigenvalue weighted by atomic mass is 10.1. The van der Waals surface area contributed by atoms with E-state index in [1.807, 2.05) is 6.92 Å². The van der Waals surface area contributed by atoms with Gasteiger partial charge in [0, 0.05) is 12.7 Å². The van der Waals surface area contributed by atoms with Gasteiger partial charge in [0.15, 0.2) is 9.84 Å². The van der Waals surface area contributed by atoms with Gasteiger partial charge in [-0.1, -0.05) is 30.3 Å². The summed E-state index contributed by atoms with van der Waals surface area (Å²) in [7, 11) is -3.23. The molecule has 0 fully saturated rings. The number of amides is 1. The number of benzene rings is 2. The summed E-state index contributed by atoms with van der Waals surface area (Å²) in [6.07, 6.45) is 1.67. The lowest BCUT2D eigenvalue weighted by Crippen LogP contribution is -2.26. The molecular formula is C18H20FNO3S. The zero-order valence-corrected chi connectivity index (χ0v) is 14.4. The fourth-order valence-corrected chi connectivity index (χ4v) is 2.98. The van der Waals surface area contributed by atoms with Crippen LogP contribution in [0.15, 0.2) is 53.4 Å². The van der Waals surface area contributed by atoms with E-state index in [0.29, 0.717) is 12.0 Å². The molecule has 0 aliphatic rings. The second-order valence-electron chi connectivity index (χ2n) is 5.72. The highest BCUT2D eigenvalue weighted by atomic mass is 32.2. The molecule has 0 spiro atoms. The van der Waals surface area contributed by atoms with Crippen molar-refractivity contribution < 1.29 is 17.6 Å². The molecule has 0 aliphatic carbocycles. The third-order valence-corrected chi connectivity index (χ3v) is 4.89. The summed E-state index contributed by atoms with van der Waals surface area (Å²) in [5.41, 5.74) is 1.32. The van der Waals surface area contributed by atoms with E-state index in [1.54, 1.807) is 30.3 Å². The second kappa shape index (κ2) is 7.57. The first-order chi connectivity index (χ1) is 11.3. The van der Waals surface area contributed by atoms with Gasteiger partial charge in [0.2, 0.25) is 5.91 Å². The SMILES string of the molecule is CC(NC(=O)CCc1ccccc1F)c1ccc(S(C)(=O)=O)cc1. The van der Waals surface area contributed by atoms with Gasteiger partial charge in [-0.3, -0.25) is 4.79 Å². The van der Waals surface area contributed by atoms with E-state index in [2.05, 4.69) is 5.32 Å². The monoisotopic (exact) mass is 349 g/mol. The largest absolute Gasteiger partial charge is 0.350 e. The number of nitrogens with one attached hydrogen (secondary N) is 1. The zero-order valence-electron chi connectivity index (χ0n) is 13.6. The van der Waals surface area contributed by atoms with Crippen LogP contribution in [0.3, 0.4) is 0 Å². The minimum atomic E-state index is -3.23. The normalized spacial score (nSPS) is 12.6. The molecule has 1 amide bonds. The molecule has 0 aliphatic heterocycles. The van der Waals surface area contributed by atoms with Crippen molar-refractivity contribution in [2.75, 3.05) is 6.26 Å². The Balaban J connectivity index is 1.93. The van der Waals surface area contributed by atoms with Crippen molar-refractivity contribution in [1.82, 2.24) is 5.32 Å². The van der Waals surface area contributed by atoms with E-state index in [9.17, 15) is 17.6 Å². The Labute approximate surface area is 141 Å². The Morgan fingerprint density at radius 1 is 1.12 bits per heavy atom. The maximum atomic E-state index is 13.5. The van der Waals surface area contributed by atoms with Gasteiger partial charge in [0.25, 0.3) is 0 Å². The standard InChI is InChI=1S/C18H20FNO3S/c1-13(14-7-10-16(11-8-14)24(2,22)23)20-18(21)12-9-15-5-3-4-6-17(15)19/h3-8,10-11,13H,9,12H2,1-2H3,(H,20,21). The van der Waals surface area contributed by atoms with Crippen molar-refractivity contribution in [3.05, 3.63) is 65.5 Å². The predicted octanol–water partition coefficient (Wildman–Crippen LogP) is 3.04. The number of hydrogen-bond donors (Lipinski definition) is 1. The van der Waals surface area contributed by atoms with E-state index in [-0.39, 0.29) is 29.1 Å². The van der Waals surface area contributed by atoms with Crippen LogP contribution in [-0.2, 0) is 21.1 Å². The molecule has 2 aromatic carbocycles. The Morgan fingerprint density at radius 2 is 1.75 bits per heavy atom. The number of halogens is 1. The molecule has 0 bridgehead atoms. The third kappa shape index (κ3) is 4.89. The van der Waals surface area contributed by atoms with Gasteiger partial charge in [-0.25, -0.2) is 12.8 Å². The Hall–Kier alpha value is -2.21. The maximum Gasteiger partial charge on any atom is 0.220 e. The van der Waals surface area contributed by atoms with Crippen LogP contribution < -0.4 is 5.32 Å². The molecule has 0 aromatic heterocycles. The van der Waals surface area contributed by atoms with Crippen molar-refractivity contribution in [3.8, 4) is 0 Å². The lowest BCUT2D eigenvalue weighted by molar-refractivity contribution is -0.121. The second-order valence-corrected chi connectivity index (χ2v) is 7.74. The summed E-state index contributed by atoms with van der Waals surface area (Å²) < 4.78 is 36.4. The number of hydrogen-bond acceptors (Lipinski definition) is 3. The van der Waals surface area contributed by atoms with Crippen molar-refractivity contribution in [1.29, 1.82) is 0 Å². The Morgan fingerprint density at radius 3 is 2.33 bits per heavy atom. The van der Waals surface area contributed by atoms with Gasteiger partial charge in [0.05, 0.1) is 10.9 Å². The van der Waals surface area contributed by atoms with Crippen molar-refractivity contribution in [2.24, 2.45) is 0 Å². The summed E-state index contributed by atoms with van der Waals surface area (Å²) in [5.74, 6) is -0.493. The van der Waals surface area contributed by atoms with E-state index in [0.717, 1.165) is 11.8 Å². The van der Waals surface area contributed by atoms with Gasteiger partial charge in [0.1, 0.15) is 5.82 Å². The molecule has 2 aromatic rings. The van der Waals surface area contributed by atoms with Crippen LogP contribution in [0.1, 0.15) is 30.5 Å². The van der Waals surface area contributed by atoms with Gasteiger partial charge >= 0.3 is 0 Å². The Bertz CT molecular complexity index is 816. The van der Waals surface area contributed by atoms with Gasteiger partial charge in [-0.15, -0.1) is 0 Å². The van der Waals surface area contributed by atoms with Crippen molar-refractivity contribution >= 4 is 15.7 Å². The van der Waals surface area contributed by atoms with Crippen LogP contribution in [-0.4, -0.2) is 20.6 Å². The van der Waals surface area contributed by atoms with Gasteiger partial charge in [-0.05, 0) is 42.7 Å².